The van der Waals surface area contributed by atoms with Crippen LogP contribution in [0.25, 0.3) is 0 Å². The molecule has 72 valence electrons. The first kappa shape index (κ1) is 9.49. The van der Waals surface area contributed by atoms with E-state index in [1.807, 2.05) is 23.6 Å². The fraction of sp³-hybridized carbons (Fsp3) is 0.100. The van der Waals surface area contributed by atoms with Crippen molar-refractivity contribution < 1.29 is 0 Å². The third kappa shape index (κ3) is 2.47. The number of anilines is 1. The van der Waals surface area contributed by atoms with Gasteiger partial charge in [-0.2, -0.15) is 0 Å². The molecule has 2 nitrogen and oxygen atoms in total. The van der Waals surface area contributed by atoms with Gasteiger partial charge in [-0.3, -0.25) is 0 Å². The van der Waals surface area contributed by atoms with Crippen LogP contribution in [-0.2, 0) is 6.54 Å². The molecule has 0 spiro atoms. The van der Waals surface area contributed by atoms with Crippen molar-refractivity contribution >= 4 is 28.1 Å². The average Bonchev–Trinajstić information content (AvgIpc) is 2.63. The van der Waals surface area contributed by atoms with E-state index in [2.05, 4.69) is 22.4 Å². The van der Waals surface area contributed by atoms with Gasteiger partial charge in [-0.1, -0.05) is 41.9 Å². The highest BCUT2D eigenvalue weighted by Gasteiger charge is 1.98. The maximum Gasteiger partial charge on any atom is 0.184 e. The minimum Gasteiger partial charge on any atom is -0.357 e. The van der Waals surface area contributed by atoms with Crippen LogP contribution in [0.2, 0.25) is 5.15 Å². The summed E-state index contributed by atoms with van der Waals surface area (Å²) in [6.07, 6.45) is 0. The summed E-state index contributed by atoms with van der Waals surface area (Å²) in [5.74, 6) is 0. The molecule has 2 rings (SSSR count). The molecule has 0 aliphatic rings. The van der Waals surface area contributed by atoms with Crippen molar-refractivity contribution in [3.8, 4) is 0 Å². The van der Waals surface area contributed by atoms with Crippen LogP contribution in [0.1, 0.15) is 5.56 Å². The van der Waals surface area contributed by atoms with Crippen LogP contribution in [0.15, 0.2) is 35.7 Å². The van der Waals surface area contributed by atoms with Crippen molar-refractivity contribution in [1.29, 1.82) is 0 Å². The van der Waals surface area contributed by atoms with E-state index in [-0.39, 0.29) is 0 Å². The molecule has 0 amide bonds. The molecule has 0 aliphatic carbocycles. The first-order valence-corrected chi connectivity index (χ1v) is 5.49. The number of hydrogen-bond acceptors (Lipinski definition) is 3. The molecule has 0 unspecified atom stereocenters. The third-order valence-electron chi connectivity index (χ3n) is 1.76. The molecule has 0 fully saturated rings. The zero-order valence-electron chi connectivity index (χ0n) is 7.40. The molecule has 2 aromatic rings. The number of halogens is 1. The van der Waals surface area contributed by atoms with E-state index in [4.69, 9.17) is 11.6 Å². The Hall–Kier alpha value is -1.06. The number of nitrogens with zero attached hydrogens (tertiary/aromatic N) is 1. The van der Waals surface area contributed by atoms with Crippen LogP contribution in [0, 0.1) is 0 Å². The monoisotopic (exact) mass is 224 g/mol. The normalized spacial score (nSPS) is 10.1. The maximum absolute atomic E-state index is 5.70. The first-order chi connectivity index (χ1) is 6.84. The summed E-state index contributed by atoms with van der Waals surface area (Å²) in [5, 5.41) is 6.43. The van der Waals surface area contributed by atoms with Crippen LogP contribution in [-0.4, -0.2) is 4.98 Å². The van der Waals surface area contributed by atoms with Gasteiger partial charge < -0.3 is 5.32 Å². The van der Waals surface area contributed by atoms with E-state index in [1.54, 1.807) is 0 Å². The Bertz CT molecular complexity index is 400. The van der Waals surface area contributed by atoms with E-state index >= 15 is 0 Å². The van der Waals surface area contributed by atoms with Crippen molar-refractivity contribution in [2.24, 2.45) is 0 Å². The molecule has 0 aliphatic heterocycles. The largest absolute Gasteiger partial charge is 0.357 e. The molecule has 1 N–H and O–H groups in total. The molecular weight excluding hydrogens is 216 g/mol. The van der Waals surface area contributed by atoms with E-state index in [1.165, 1.54) is 16.9 Å². The van der Waals surface area contributed by atoms with Gasteiger partial charge in [0.05, 0.1) is 0 Å². The number of nitrogens with one attached hydrogen (secondary N) is 1. The molecule has 0 bridgehead atoms. The predicted octanol–water partition coefficient (Wildman–Crippen LogP) is 3.41. The first-order valence-electron chi connectivity index (χ1n) is 4.23. The number of hydrogen-bond donors (Lipinski definition) is 1. The maximum atomic E-state index is 5.70. The molecule has 0 saturated carbocycles. The topological polar surface area (TPSA) is 24.9 Å². The van der Waals surface area contributed by atoms with Crippen molar-refractivity contribution in [2.45, 2.75) is 6.54 Å². The SMILES string of the molecule is Clc1csc(NCc2ccccc2)n1. The minimum atomic E-state index is 0.547. The molecule has 0 saturated heterocycles. The van der Waals surface area contributed by atoms with Gasteiger partial charge in [0.1, 0.15) is 5.15 Å². The summed E-state index contributed by atoms with van der Waals surface area (Å²) in [5.41, 5.74) is 1.24. The molecule has 1 heterocycles. The van der Waals surface area contributed by atoms with E-state index in [0.717, 1.165) is 11.7 Å². The summed E-state index contributed by atoms with van der Waals surface area (Å²) < 4.78 is 0. The number of aromatic nitrogens is 1. The van der Waals surface area contributed by atoms with E-state index in [0.29, 0.717) is 5.15 Å². The fourth-order valence-corrected chi connectivity index (χ4v) is 1.95. The zero-order chi connectivity index (χ0) is 9.80. The third-order valence-corrected chi connectivity index (χ3v) is 2.89. The Morgan fingerprint density at radius 3 is 2.71 bits per heavy atom. The lowest BCUT2D eigenvalue weighted by molar-refractivity contribution is 1.13. The van der Waals surface area contributed by atoms with Gasteiger partial charge >= 0.3 is 0 Å². The molecule has 1 aromatic carbocycles. The molecular formula is C10H9ClN2S. The highest BCUT2D eigenvalue weighted by Crippen LogP contribution is 2.19. The zero-order valence-corrected chi connectivity index (χ0v) is 8.98. The van der Waals surface area contributed by atoms with Crippen molar-refractivity contribution in [1.82, 2.24) is 4.98 Å². The smallest absolute Gasteiger partial charge is 0.184 e. The van der Waals surface area contributed by atoms with Gasteiger partial charge in [0.15, 0.2) is 5.13 Å². The fourth-order valence-electron chi connectivity index (χ4n) is 1.11. The molecule has 1 aromatic heterocycles. The summed E-state index contributed by atoms with van der Waals surface area (Å²) in [4.78, 5) is 4.10. The lowest BCUT2D eigenvalue weighted by atomic mass is 10.2. The number of benzene rings is 1. The highest BCUT2D eigenvalue weighted by atomic mass is 35.5. The van der Waals surface area contributed by atoms with Gasteiger partial charge in [-0.15, -0.1) is 11.3 Å². The van der Waals surface area contributed by atoms with Gasteiger partial charge in [0.25, 0.3) is 0 Å². The van der Waals surface area contributed by atoms with Gasteiger partial charge in [-0.05, 0) is 5.56 Å². The summed E-state index contributed by atoms with van der Waals surface area (Å²) in [6, 6.07) is 10.2. The lowest BCUT2D eigenvalue weighted by Gasteiger charge is -2.01. The Morgan fingerprint density at radius 2 is 2.07 bits per heavy atom. The molecule has 4 heteroatoms. The molecule has 0 atom stereocenters. The van der Waals surface area contributed by atoms with Gasteiger partial charge in [0, 0.05) is 11.9 Å². The van der Waals surface area contributed by atoms with Crippen molar-refractivity contribution in [2.75, 3.05) is 5.32 Å². The number of rotatable bonds is 3. The Kier molecular flexibility index (Phi) is 3.01. The van der Waals surface area contributed by atoms with Crippen LogP contribution < -0.4 is 5.32 Å². The van der Waals surface area contributed by atoms with Crippen LogP contribution in [0.5, 0.6) is 0 Å². The second kappa shape index (κ2) is 4.44. The van der Waals surface area contributed by atoms with Gasteiger partial charge in [-0.25, -0.2) is 4.98 Å². The second-order valence-electron chi connectivity index (χ2n) is 2.81. The predicted molar refractivity (Wildman–Crippen MR) is 60.9 cm³/mol. The Labute approximate surface area is 91.6 Å². The molecule has 14 heavy (non-hydrogen) atoms. The van der Waals surface area contributed by atoms with Crippen molar-refractivity contribution in [3.05, 3.63) is 46.4 Å². The summed E-state index contributed by atoms with van der Waals surface area (Å²) in [6.45, 7) is 0.782. The van der Waals surface area contributed by atoms with Crippen LogP contribution in [0.3, 0.4) is 0 Å². The van der Waals surface area contributed by atoms with Gasteiger partial charge in [0.2, 0.25) is 0 Å². The van der Waals surface area contributed by atoms with Crippen LogP contribution in [0.4, 0.5) is 5.13 Å². The number of thiazole rings is 1. The Balaban J connectivity index is 1.95. The summed E-state index contributed by atoms with van der Waals surface area (Å²) >= 11 is 7.22. The van der Waals surface area contributed by atoms with Crippen LogP contribution >= 0.6 is 22.9 Å². The summed E-state index contributed by atoms with van der Waals surface area (Å²) in [7, 11) is 0. The van der Waals surface area contributed by atoms with Crippen molar-refractivity contribution in [3.63, 3.8) is 0 Å². The standard InChI is InChI=1S/C10H9ClN2S/c11-9-7-14-10(13-9)12-6-8-4-2-1-3-5-8/h1-5,7H,6H2,(H,12,13). The highest BCUT2D eigenvalue weighted by molar-refractivity contribution is 7.14. The minimum absolute atomic E-state index is 0.547. The second-order valence-corrected chi connectivity index (χ2v) is 4.06. The van der Waals surface area contributed by atoms with E-state index < -0.39 is 0 Å². The Morgan fingerprint density at radius 1 is 1.29 bits per heavy atom. The molecule has 0 radical (unpaired) electrons. The quantitative estimate of drug-likeness (QED) is 0.865. The average molecular weight is 225 g/mol. The van der Waals surface area contributed by atoms with E-state index in [9.17, 15) is 0 Å². The lowest BCUT2D eigenvalue weighted by Crippen LogP contribution is -1.97.